The maximum atomic E-state index is 11.5. The average molecular weight is 275 g/mol. The van der Waals surface area contributed by atoms with Crippen LogP contribution in [0.25, 0.3) is 0 Å². The molecule has 0 aromatic heterocycles. The quantitative estimate of drug-likeness (QED) is 0.916. The molecule has 0 saturated heterocycles. The van der Waals surface area contributed by atoms with E-state index in [1.165, 1.54) is 12.8 Å². The minimum atomic E-state index is -0.679. The highest BCUT2D eigenvalue weighted by Crippen LogP contribution is 2.61. The van der Waals surface area contributed by atoms with E-state index in [9.17, 15) is 5.11 Å². The van der Waals surface area contributed by atoms with Crippen molar-refractivity contribution in [1.82, 2.24) is 4.90 Å². The molecule has 2 saturated carbocycles. The van der Waals surface area contributed by atoms with Crippen LogP contribution in [0, 0.1) is 17.8 Å². The molecule has 110 valence electrons. The molecular formula is C17H25NO2. The second-order valence-corrected chi connectivity index (χ2v) is 6.70. The second kappa shape index (κ2) is 5.05. The van der Waals surface area contributed by atoms with Gasteiger partial charge in [0.15, 0.2) is 0 Å². The molecule has 0 spiro atoms. The van der Waals surface area contributed by atoms with Gasteiger partial charge in [-0.3, -0.25) is 0 Å². The van der Waals surface area contributed by atoms with Gasteiger partial charge in [0.05, 0.1) is 12.7 Å². The summed E-state index contributed by atoms with van der Waals surface area (Å²) in [5.74, 6) is 2.31. The minimum Gasteiger partial charge on any atom is -0.497 e. The maximum absolute atomic E-state index is 11.5. The van der Waals surface area contributed by atoms with Gasteiger partial charge >= 0.3 is 0 Å². The third kappa shape index (κ3) is 2.23. The van der Waals surface area contributed by atoms with Crippen molar-refractivity contribution in [2.45, 2.75) is 24.9 Å². The van der Waals surface area contributed by atoms with Gasteiger partial charge in [-0.25, -0.2) is 0 Å². The summed E-state index contributed by atoms with van der Waals surface area (Å²) in [6.45, 7) is 0.941. The monoisotopic (exact) mass is 275 g/mol. The van der Waals surface area contributed by atoms with Crippen LogP contribution < -0.4 is 4.74 Å². The van der Waals surface area contributed by atoms with Crippen LogP contribution in [0.3, 0.4) is 0 Å². The normalized spacial score (nSPS) is 35.8. The molecule has 0 aliphatic heterocycles. The van der Waals surface area contributed by atoms with Crippen LogP contribution in [0.4, 0.5) is 0 Å². The van der Waals surface area contributed by atoms with Gasteiger partial charge in [0.25, 0.3) is 0 Å². The zero-order chi connectivity index (χ0) is 14.3. The summed E-state index contributed by atoms with van der Waals surface area (Å²) in [5, 5.41) is 11.5. The smallest absolute Gasteiger partial charge is 0.119 e. The highest BCUT2D eigenvalue weighted by molar-refractivity contribution is 5.35. The molecular weight excluding hydrogens is 250 g/mol. The van der Waals surface area contributed by atoms with Crippen LogP contribution in [0.2, 0.25) is 0 Å². The van der Waals surface area contributed by atoms with Gasteiger partial charge in [-0.2, -0.15) is 0 Å². The first kappa shape index (κ1) is 13.9. The van der Waals surface area contributed by atoms with Gasteiger partial charge in [-0.1, -0.05) is 12.1 Å². The van der Waals surface area contributed by atoms with E-state index in [1.54, 1.807) is 7.11 Å². The molecule has 0 bridgehead atoms. The third-order valence-electron chi connectivity index (χ3n) is 5.11. The number of nitrogens with zero attached hydrogens (tertiary/aromatic N) is 1. The Kier molecular flexibility index (Phi) is 3.51. The lowest BCUT2D eigenvalue weighted by atomic mass is 9.71. The molecule has 3 rings (SSSR count). The molecule has 2 aliphatic rings. The number of hydrogen-bond acceptors (Lipinski definition) is 3. The SMILES string of the molecule is COc1cccc([C@]2(O)[C@@H](CN(C)C)CCC3C[C@@H]32)c1. The Morgan fingerprint density at radius 2 is 2.15 bits per heavy atom. The standard InChI is InChI=1S/C17H25NO2/c1-18(2)11-14-8-7-12-9-16(12)17(14,19)13-5-4-6-15(10-13)20-3/h4-6,10,12,14,16,19H,7-9,11H2,1-3H3/t12?,14-,16+,17+/m1/s1. The van der Waals surface area contributed by atoms with Gasteiger partial charge in [-0.05, 0) is 62.9 Å². The van der Waals surface area contributed by atoms with Crippen LogP contribution in [0.1, 0.15) is 24.8 Å². The number of rotatable bonds is 4. The van der Waals surface area contributed by atoms with E-state index in [-0.39, 0.29) is 0 Å². The lowest BCUT2D eigenvalue weighted by molar-refractivity contribution is -0.0751. The van der Waals surface area contributed by atoms with Crippen molar-refractivity contribution in [3.63, 3.8) is 0 Å². The molecule has 2 aliphatic carbocycles. The van der Waals surface area contributed by atoms with Crippen molar-refractivity contribution in [3.05, 3.63) is 29.8 Å². The fraction of sp³-hybridized carbons (Fsp3) is 0.647. The Labute approximate surface area is 121 Å². The molecule has 0 heterocycles. The number of hydrogen-bond donors (Lipinski definition) is 1. The lowest BCUT2D eigenvalue weighted by Crippen LogP contribution is -2.45. The summed E-state index contributed by atoms with van der Waals surface area (Å²) >= 11 is 0. The number of benzene rings is 1. The molecule has 1 unspecified atom stereocenters. The van der Waals surface area contributed by atoms with E-state index >= 15 is 0 Å². The average Bonchev–Trinajstić information content (AvgIpc) is 3.22. The van der Waals surface area contributed by atoms with Gasteiger partial charge in [0, 0.05) is 12.5 Å². The van der Waals surface area contributed by atoms with Crippen molar-refractivity contribution < 1.29 is 9.84 Å². The lowest BCUT2D eigenvalue weighted by Gasteiger charge is -2.42. The van der Waals surface area contributed by atoms with Gasteiger partial charge < -0.3 is 14.7 Å². The predicted octanol–water partition coefficient (Wildman–Crippen LogP) is 2.49. The van der Waals surface area contributed by atoms with Crippen LogP contribution in [-0.2, 0) is 5.60 Å². The molecule has 0 radical (unpaired) electrons. The zero-order valence-electron chi connectivity index (χ0n) is 12.7. The number of fused-ring (bicyclic) bond motifs is 1. The zero-order valence-corrected chi connectivity index (χ0v) is 12.7. The summed E-state index contributed by atoms with van der Waals surface area (Å²) in [4.78, 5) is 2.19. The molecule has 4 atom stereocenters. The van der Waals surface area contributed by atoms with Crippen LogP contribution in [0.15, 0.2) is 24.3 Å². The van der Waals surface area contributed by atoms with Crippen molar-refractivity contribution in [2.24, 2.45) is 17.8 Å². The molecule has 1 N–H and O–H groups in total. The van der Waals surface area contributed by atoms with Gasteiger partial charge in [0.1, 0.15) is 5.75 Å². The van der Waals surface area contributed by atoms with Crippen molar-refractivity contribution in [1.29, 1.82) is 0 Å². The summed E-state index contributed by atoms with van der Waals surface area (Å²) in [5.41, 5.74) is 0.359. The molecule has 3 nitrogen and oxygen atoms in total. The largest absolute Gasteiger partial charge is 0.497 e. The first-order chi connectivity index (χ1) is 9.55. The van der Waals surface area contributed by atoms with E-state index < -0.39 is 5.60 Å². The van der Waals surface area contributed by atoms with Crippen molar-refractivity contribution in [3.8, 4) is 5.75 Å². The minimum absolute atomic E-state index is 0.313. The number of aliphatic hydroxyl groups is 1. The van der Waals surface area contributed by atoms with Crippen molar-refractivity contribution >= 4 is 0 Å². The number of ether oxygens (including phenoxy) is 1. The molecule has 2 fully saturated rings. The molecule has 20 heavy (non-hydrogen) atoms. The van der Waals surface area contributed by atoms with Crippen LogP contribution >= 0.6 is 0 Å². The Bertz CT molecular complexity index is 488. The second-order valence-electron chi connectivity index (χ2n) is 6.70. The number of methoxy groups -OCH3 is 1. The van der Waals surface area contributed by atoms with Crippen LogP contribution in [-0.4, -0.2) is 37.8 Å². The molecule has 1 aromatic carbocycles. The maximum Gasteiger partial charge on any atom is 0.119 e. The van der Waals surface area contributed by atoms with E-state index in [2.05, 4.69) is 25.1 Å². The van der Waals surface area contributed by atoms with Gasteiger partial charge in [0.2, 0.25) is 0 Å². The van der Waals surface area contributed by atoms with Gasteiger partial charge in [-0.15, -0.1) is 0 Å². The molecule has 1 aromatic rings. The molecule has 0 amide bonds. The van der Waals surface area contributed by atoms with Crippen molar-refractivity contribution in [2.75, 3.05) is 27.7 Å². The topological polar surface area (TPSA) is 32.7 Å². The first-order valence-corrected chi connectivity index (χ1v) is 7.57. The summed E-state index contributed by atoms with van der Waals surface area (Å²) in [6, 6.07) is 8.01. The van der Waals surface area contributed by atoms with E-state index in [4.69, 9.17) is 4.74 Å². The van der Waals surface area contributed by atoms with E-state index in [1.807, 2.05) is 18.2 Å². The first-order valence-electron chi connectivity index (χ1n) is 7.57. The highest BCUT2D eigenvalue weighted by Gasteiger charge is 2.59. The predicted molar refractivity (Wildman–Crippen MR) is 79.8 cm³/mol. The van der Waals surface area contributed by atoms with Crippen LogP contribution in [0.5, 0.6) is 5.75 Å². The highest BCUT2D eigenvalue weighted by atomic mass is 16.5. The summed E-state index contributed by atoms with van der Waals surface area (Å²) < 4.78 is 5.33. The fourth-order valence-corrected chi connectivity index (χ4v) is 4.04. The summed E-state index contributed by atoms with van der Waals surface area (Å²) in [7, 11) is 5.86. The molecule has 3 heteroatoms. The Hall–Kier alpha value is -1.06. The Balaban J connectivity index is 1.96. The van der Waals surface area contributed by atoms with E-state index in [0.29, 0.717) is 11.8 Å². The summed E-state index contributed by atoms with van der Waals surface area (Å²) in [6.07, 6.45) is 3.57. The third-order valence-corrected chi connectivity index (χ3v) is 5.11. The Morgan fingerprint density at radius 3 is 2.85 bits per heavy atom. The fourth-order valence-electron chi connectivity index (χ4n) is 4.04. The Morgan fingerprint density at radius 1 is 1.35 bits per heavy atom. The van der Waals surface area contributed by atoms with E-state index in [0.717, 1.165) is 30.2 Å².